The molecule has 0 bridgehead atoms. The van der Waals surface area contributed by atoms with E-state index in [1.54, 1.807) is 6.07 Å². The molecule has 0 heterocycles. The van der Waals surface area contributed by atoms with Crippen molar-refractivity contribution in [1.82, 2.24) is 0 Å². The Balaban J connectivity index is 3.29. The van der Waals surface area contributed by atoms with E-state index in [0.717, 1.165) is 0 Å². The van der Waals surface area contributed by atoms with Crippen LogP contribution in [0.15, 0.2) is 17.0 Å². The first-order valence-electron chi connectivity index (χ1n) is 6.27. The van der Waals surface area contributed by atoms with Gasteiger partial charge < -0.3 is 14.2 Å². The Hall–Kier alpha value is -0.810. The lowest BCUT2D eigenvalue weighted by atomic mass is 10.3. The van der Waals surface area contributed by atoms with Gasteiger partial charge in [0.2, 0.25) is 5.75 Å². The number of halogens is 3. The lowest BCUT2D eigenvalue weighted by molar-refractivity contribution is 0.264. The summed E-state index contributed by atoms with van der Waals surface area (Å²) in [6.45, 7) is 0.641. The van der Waals surface area contributed by atoms with Gasteiger partial charge in [0.25, 0.3) is 7.95 Å². The van der Waals surface area contributed by atoms with Gasteiger partial charge in [-0.2, -0.15) is 5.53 Å². The zero-order valence-corrected chi connectivity index (χ0v) is 14.7. The van der Waals surface area contributed by atoms with E-state index in [4.69, 9.17) is 54.5 Å². The van der Waals surface area contributed by atoms with Gasteiger partial charge in [-0.05, 0) is 12.1 Å². The fourth-order valence-corrected chi connectivity index (χ4v) is 2.44. The summed E-state index contributed by atoms with van der Waals surface area (Å²) in [4.78, 5) is 3.04. The minimum absolute atomic E-state index is 0.173. The molecule has 0 aromatic heterocycles. The van der Waals surface area contributed by atoms with E-state index in [-0.39, 0.29) is 48.4 Å². The molecule has 123 valence electrons. The molecule has 1 aromatic rings. The molecule has 1 radical (unpaired) electrons. The van der Waals surface area contributed by atoms with Crippen molar-refractivity contribution in [2.24, 2.45) is 4.88 Å². The number of hydrogen-bond donors (Lipinski definition) is 1. The van der Waals surface area contributed by atoms with Gasteiger partial charge >= 0.3 is 0 Å². The lowest BCUT2D eigenvalue weighted by Crippen LogP contribution is -2.13. The van der Waals surface area contributed by atoms with E-state index < -0.39 is 7.95 Å². The van der Waals surface area contributed by atoms with Crippen LogP contribution in [0.4, 0.5) is 0 Å². The van der Waals surface area contributed by atoms with Crippen LogP contribution in [0.2, 0.25) is 0 Å². The van der Waals surface area contributed by atoms with Crippen LogP contribution in [0.3, 0.4) is 0 Å². The summed E-state index contributed by atoms with van der Waals surface area (Å²) in [7, 11) is -2.29. The van der Waals surface area contributed by atoms with Crippen LogP contribution in [0.1, 0.15) is 0 Å². The number of hydrogen-bond acceptors (Lipinski definition) is 5. The van der Waals surface area contributed by atoms with E-state index in [2.05, 4.69) is 4.88 Å². The van der Waals surface area contributed by atoms with Crippen LogP contribution < -0.4 is 19.5 Å². The maximum absolute atomic E-state index is 11.9. The Morgan fingerprint density at radius 3 is 2.05 bits per heavy atom. The SMILES string of the molecule is N=N[P](=O)c1ccc(OCCCl)c(OCCCl)c1OCCCl. The molecule has 1 rings (SSSR count). The van der Waals surface area contributed by atoms with Crippen LogP contribution in [-0.4, -0.2) is 37.5 Å². The molecule has 1 atom stereocenters. The largest absolute Gasteiger partial charge is 0.488 e. The Morgan fingerprint density at radius 2 is 1.50 bits per heavy atom. The molecule has 1 unspecified atom stereocenters. The van der Waals surface area contributed by atoms with Crippen molar-refractivity contribution in [2.45, 2.75) is 0 Å². The Bertz CT molecular complexity index is 519. The van der Waals surface area contributed by atoms with Gasteiger partial charge in [0, 0.05) is 0 Å². The first-order valence-corrected chi connectivity index (χ1v) is 9.09. The highest BCUT2D eigenvalue weighted by Gasteiger charge is 2.22. The van der Waals surface area contributed by atoms with Gasteiger partial charge in [-0.3, -0.25) is 4.57 Å². The van der Waals surface area contributed by atoms with Gasteiger partial charge in [-0.25, -0.2) is 0 Å². The molecule has 22 heavy (non-hydrogen) atoms. The number of nitrogens with zero attached hydrogens (tertiary/aromatic N) is 1. The van der Waals surface area contributed by atoms with E-state index >= 15 is 0 Å². The van der Waals surface area contributed by atoms with Crippen LogP contribution in [0.25, 0.3) is 0 Å². The molecule has 0 saturated heterocycles. The van der Waals surface area contributed by atoms with Crippen molar-refractivity contribution in [3.05, 3.63) is 12.1 Å². The Morgan fingerprint density at radius 1 is 0.955 bits per heavy atom. The topological polar surface area (TPSA) is 81.0 Å². The number of alkyl halides is 3. The van der Waals surface area contributed by atoms with E-state index in [1.165, 1.54) is 6.07 Å². The zero-order valence-electron chi connectivity index (χ0n) is 11.6. The molecule has 1 N–H and O–H groups in total. The summed E-state index contributed by atoms with van der Waals surface area (Å²) in [5, 5.41) is 0.234. The van der Waals surface area contributed by atoms with Crippen molar-refractivity contribution in [3.8, 4) is 17.2 Å². The second kappa shape index (κ2) is 10.8. The van der Waals surface area contributed by atoms with Crippen LogP contribution in [0, 0.1) is 5.53 Å². The van der Waals surface area contributed by atoms with Crippen molar-refractivity contribution in [1.29, 1.82) is 5.53 Å². The monoisotopic (exact) mass is 387 g/mol. The second-order valence-corrected chi connectivity index (χ2v) is 6.09. The van der Waals surface area contributed by atoms with Crippen LogP contribution in [-0.2, 0) is 4.57 Å². The van der Waals surface area contributed by atoms with Gasteiger partial charge in [-0.1, -0.05) is 0 Å². The van der Waals surface area contributed by atoms with Crippen molar-refractivity contribution >= 4 is 48.1 Å². The summed E-state index contributed by atoms with van der Waals surface area (Å²) >= 11 is 16.9. The third kappa shape index (κ3) is 5.43. The third-order valence-corrected chi connectivity index (χ3v) is 3.74. The molecule has 0 spiro atoms. The van der Waals surface area contributed by atoms with Crippen molar-refractivity contribution in [3.63, 3.8) is 0 Å². The number of nitrogens with one attached hydrogen (secondary N) is 1. The summed E-state index contributed by atoms with van der Waals surface area (Å²) < 4.78 is 28.4. The molecule has 0 aliphatic rings. The first kappa shape index (κ1) is 19.2. The minimum atomic E-state index is -2.29. The fourth-order valence-electron chi connectivity index (χ4n) is 1.56. The highest BCUT2D eigenvalue weighted by Crippen LogP contribution is 2.41. The highest BCUT2D eigenvalue weighted by molar-refractivity contribution is 7.52. The predicted molar refractivity (Wildman–Crippen MR) is 87.5 cm³/mol. The normalized spacial score (nSPS) is 11.0. The molecule has 10 heteroatoms. The second-order valence-electron chi connectivity index (χ2n) is 3.73. The van der Waals surface area contributed by atoms with Gasteiger partial charge in [0.1, 0.15) is 25.1 Å². The summed E-state index contributed by atoms with van der Waals surface area (Å²) in [5.41, 5.74) is 6.94. The van der Waals surface area contributed by atoms with Crippen LogP contribution >= 0.6 is 42.8 Å². The van der Waals surface area contributed by atoms with E-state index in [1.807, 2.05) is 0 Å². The molecule has 0 amide bonds. The number of rotatable bonds is 11. The van der Waals surface area contributed by atoms with Crippen molar-refractivity contribution in [2.75, 3.05) is 37.5 Å². The molecule has 0 fully saturated rings. The van der Waals surface area contributed by atoms with Gasteiger partial charge in [0.15, 0.2) is 11.5 Å². The smallest absolute Gasteiger partial charge is 0.250 e. The number of benzene rings is 1. The highest BCUT2D eigenvalue weighted by atomic mass is 35.5. The maximum atomic E-state index is 11.9. The Labute approximate surface area is 144 Å². The Kier molecular flexibility index (Phi) is 9.48. The van der Waals surface area contributed by atoms with Crippen molar-refractivity contribution < 1.29 is 18.8 Å². The van der Waals surface area contributed by atoms with Gasteiger partial charge in [-0.15, -0.1) is 39.7 Å². The summed E-state index contributed by atoms with van der Waals surface area (Å²) in [6.07, 6.45) is 0. The zero-order chi connectivity index (χ0) is 16.4. The summed E-state index contributed by atoms with van der Waals surface area (Å²) in [6, 6.07) is 3.08. The third-order valence-electron chi connectivity index (χ3n) is 2.33. The standard InChI is InChI=1S/C12H15Cl3N2O4P/c13-3-6-19-9-1-2-10(22(18)17-16)12(21-8-5-15)11(9)20-7-4-14/h1-2,16H,3-8H2. The fraction of sp³-hybridized carbons (Fsp3) is 0.500. The maximum Gasteiger partial charge on any atom is 0.250 e. The molecule has 6 nitrogen and oxygen atoms in total. The number of ether oxygens (including phenoxy) is 3. The minimum Gasteiger partial charge on any atom is -0.488 e. The molecule has 0 aliphatic carbocycles. The van der Waals surface area contributed by atoms with E-state index in [9.17, 15) is 4.57 Å². The molecular formula is C12H15Cl3N2O4P. The first-order chi connectivity index (χ1) is 10.7. The summed E-state index contributed by atoms with van der Waals surface area (Å²) in [5.74, 6) is 1.60. The molecule has 0 saturated carbocycles. The average Bonchev–Trinajstić information content (AvgIpc) is 2.55. The quantitative estimate of drug-likeness (QED) is 0.354. The average molecular weight is 389 g/mol. The van der Waals surface area contributed by atoms with Crippen LogP contribution in [0.5, 0.6) is 17.2 Å². The molecule has 0 aliphatic heterocycles. The lowest BCUT2D eigenvalue weighted by Gasteiger charge is -2.17. The molecule has 1 aromatic carbocycles. The molecular weight excluding hydrogens is 373 g/mol. The van der Waals surface area contributed by atoms with Gasteiger partial charge in [0.05, 0.1) is 17.6 Å². The predicted octanol–water partition coefficient (Wildman–Crippen LogP) is 3.94. The van der Waals surface area contributed by atoms with E-state index in [0.29, 0.717) is 11.6 Å².